The van der Waals surface area contributed by atoms with Gasteiger partial charge in [-0.25, -0.2) is 0 Å². The Morgan fingerprint density at radius 3 is 2.55 bits per heavy atom. The topological polar surface area (TPSA) is 65.2 Å². The largest absolute Gasteiger partial charge is 0.411 e. The maximum absolute atomic E-state index is 8.47. The highest BCUT2D eigenvalue weighted by atomic mass is 127. The number of halogens is 1. The lowest BCUT2D eigenvalue weighted by molar-refractivity contribution is 0.313. The molecule has 1 unspecified atom stereocenters. The highest BCUT2D eigenvalue weighted by Gasteiger charge is 2.10. The summed E-state index contributed by atoms with van der Waals surface area (Å²) in [7, 11) is 0. The van der Waals surface area contributed by atoms with Gasteiger partial charge in [0.15, 0.2) is 0 Å². The van der Waals surface area contributed by atoms with E-state index in [0.717, 1.165) is 17.1 Å². The van der Waals surface area contributed by atoms with Gasteiger partial charge in [-0.1, -0.05) is 39.8 Å². The van der Waals surface area contributed by atoms with Gasteiger partial charge in [0.25, 0.3) is 0 Å². The first-order valence-electron chi connectivity index (χ1n) is 3.25. The molecule has 0 saturated heterocycles. The Hall–Kier alpha value is -0.330. The lowest BCUT2D eigenvalue weighted by Crippen LogP contribution is -2.16. The van der Waals surface area contributed by atoms with Gasteiger partial charge in [-0.05, 0) is 6.42 Å². The van der Waals surface area contributed by atoms with Gasteiger partial charge in [0.2, 0.25) is 0 Å². The molecule has 0 aliphatic carbocycles. The Morgan fingerprint density at radius 1 is 1.64 bits per heavy atom. The highest BCUT2D eigenvalue weighted by molar-refractivity contribution is 14.1. The summed E-state index contributed by atoms with van der Waals surface area (Å²) in [5, 5.41) is 22.5. The predicted octanol–water partition coefficient (Wildman–Crippen LogP) is 1.74. The normalized spacial score (nSPS) is 15.6. The van der Waals surface area contributed by atoms with Crippen LogP contribution in [0.5, 0.6) is 0 Å². The van der Waals surface area contributed by atoms with E-state index in [-0.39, 0.29) is 5.92 Å². The third kappa shape index (κ3) is 3.54. The Labute approximate surface area is 79.1 Å². The zero-order valence-electron chi connectivity index (χ0n) is 6.24. The lowest BCUT2D eigenvalue weighted by Gasteiger charge is -2.07. The summed E-state index contributed by atoms with van der Waals surface area (Å²) in [6, 6.07) is 0. The standard InChI is InChI=1S/C6H11IN2O2/c1-2-5(3-7)6(9-11)4-8-10/h4-5,10-11H,2-3H2,1H3. The van der Waals surface area contributed by atoms with Gasteiger partial charge in [-0.3, -0.25) is 0 Å². The zero-order chi connectivity index (χ0) is 8.69. The third-order valence-electron chi connectivity index (χ3n) is 1.40. The van der Waals surface area contributed by atoms with E-state index in [2.05, 4.69) is 32.9 Å². The number of hydrogen-bond acceptors (Lipinski definition) is 4. The number of alkyl halides is 1. The van der Waals surface area contributed by atoms with Crippen LogP contribution in [0.15, 0.2) is 10.3 Å². The monoisotopic (exact) mass is 270 g/mol. The van der Waals surface area contributed by atoms with Crippen LogP contribution in [0.2, 0.25) is 0 Å². The SMILES string of the molecule is CCC(CI)C(C=NO)=NO. The predicted molar refractivity (Wildman–Crippen MR) is 52.2 cm³/mol. The van der Waals surface area contributed by atoms with Crippen LogP contribution in [0.4, 0.5) is 0 Å². The smallest absolute Gasteiger partial charge is 0.105 e. The molecule has 0 aliphatic heterocycles. The van der Waals surface area contributed by atoms with E-state index in [4.69, 9.17) is 10.4 Å². The lowest BCUT2D eigenvalue weighted by atomic mass is 10.0. The molecule has 0 heterocycles. The van der Waals surface area contributed by atoms with E-state index in [1.165, 1.54) is 0 Å². The van der Waals surface area contributed by atoms with Crippen LogP contribution in [0.1, 0.15) is 13.3 Å². The molecule has 5 heteroatoms. The van der Waals surface area contributed by atoms with E-state index in [1.807, 2.05) is 6.92 Å². The van der Waals surface area contributed by atoms with Crippen molar-refractivity contribution in [3.63, 3.8) is 0 Å². The van der Waals surface area contributed by atoms with Crippen molar-refractivity contribution in [2.45, 2.75) is 13.3 Å². The molecule has 0 amide bonds. The van der Waals surface area contributed by atoms with Crippen molar-refractivity contribution < 1.29 is 10.4 Å². The van der Waals surface area contributed by atoms with Crippen LogP contribution in [0.25, 0.3) is 0 Å². The second kappa shape index (κ2) is 6.38. The van der Waals surface area contributed by atoms with Crippen molar-refractivity contribution in [2.24, 2.45) is 16.2 Å². The van der Waals surface area contributed by atoms with Crippen LogP contribution >= 0.6 is 22.6 Å². The van der Waals surface area contributed by atoms with Gasteiger partial charge in [0, 0.05) is 10.3 Å². The fourth-order valence-electron chi connectivity index (χ4n) is 0.669. The highest BCUT2D eigenvalue weighted by Crippen LogP contribution is 2.08. The van der Waals surface area contributed by atoms with E-state index < -0.39 is 0 Å². The fourth-order valence-corrected chi connectivity index (χ4v) is 1.74. The maximum atomic E-state index is 8.47. The van der Waals surface area contributed by atoms with E-state index in [9.17, 15) is 0 Å². The fraction of sp³-hybridized carbons (Fsp3) is 0.667. The molecule has 11 heavy (non-hydrogen) atoms. The molecule has 2 N–H and O–H groups in total. The van der Waals surface area contributed by atoms with Crippen LogP contribution in [0, 0.1) is 5.92 Å². The Bertz CT molecular complexity index is 155. The van der Waals surface area contributed by atoms with Crippen molar-refractivity contribution in [3.8, 4) is 0 Å². The first-order chi connectivity index (χ1) is 5.29. The van der Waals surface area contributed by atoms with E-state index in [1.54, 1.807) is 0 Å². The van der Waals surface area contributed by atoms with Gasteiger partial charge >= 0.3 is 0 Å². The van der Waals surface area contributed by atoms with Crippen molar-refractivity contribution in [3.05, 3.63) is 0 Å². The van der Waals surface area contributed by atoms with Crippen LogP contribution in [0.3, 0.4) is 0 Å². The maximum Gasteiger partial charge on any atom is 0.105 e. The van der Waals surface area contributed by atoms with E-state index in [0.29, 0.717) is 5.71 Å². The summed E-state index contributed by atoms with van der Waals surface area (Å²) < 4.78 is 0.847. The van der Waals surface area contributed by atoms with Crippen LogP contribution in [-0.2, 0) is 0 Å². The summed E-state index contributed by atoms with van der Waals surface area (Å²) in [4.78, 5) is 0. The Balaban J connectivity index is 4.22. The minimum absolute atomic E-state index is 0.163. The van der Waals surface area contributed by atoms with Crippen molar-refractivity contribution in [1.82, 2.24) is 0 Å². The molecule has 0 aromatic rings. The summed E-state index contributed by atoms with van der Waals surface area (Å²) in [6.07, 6.45) is 2.03. The van der Waals surface area contributed by atoms with Gasteiger partial charge < -0.3 is 10.4 Å². The molecular weight excluding hydrogens is 259 g/mol. The summed E-state index contributed by atoms with van der Waals surface area (Å²) in [5.74, 6) is 0.163. The summed E-state index contributed by atoms with van der Waals surface area (Å²) in [6.45, 7) is 1.99. The van der Waals surface area contributed by atoms with Gasteiger partial charge in [-0.2, -0.15) is 0 Å². The average Bonchev–Trinajstić information content (AvgIpc) is 2.05. The zero-order valence-corrected chi connectivity index (χ0v) is 8.39. The van der Waals surface area contributed by atoms with Gasteiger partial charge in [-0.15, -0.1) is 0 Å². The average molecular weight is 270 g/mol. The Kier molecular flexibility index (Phi) is 6.19. The molecule has 0 aromatic carbocycles. The number of nitrogens with zero attached hydrogens (tertiary/aromatic N) is 2. The second-order valence-corrected chi connectivity index (χ2v) is 2.91. The first kappa shape index (κ1) is 10.7. The molecule has 1 atom stereocenters. The molecule has 0 aromatic heterocycles. The molecule has 4 nitrogen and oxygen atoms in total. The van der Waals surface area contributed by atoms with Gasteiger partial charge in [0.1, 0.15) is 5.71 Å². The van der Waals surface area contributed by atoms with Crippen molar-refractivity contribution >= 4 is 34.5 Å². The summed E-state index contributed by atoms with van der Waals surface area (Å²) in [5.41, 5.74) is 0.421. The molecule has 0 bridgehead atoms. The minimum atomic E-state index is 0.163. The number of hydrogen-bond donors (Lipinski definition) is 2. The number of rotatable bonds is 4. The molecular formula is C6H11IN2O2. The molecule has 64 valence electrons. The molecule has 0 fully saturated rings. The molecule has 0 aliphatic rings. The van der Waals surface area contributed by atoms with Crippen molar-refractivity contribution in [1.29, 1.82) is 0 Å². The van der Waals surface area contributed by atoms with E-state index >= 15 is 0 Å². The third-order valence-corrected chi connectivity index (χ3v) is 2.47. The first-order valence-corrected chi connectivity index (χ1v) is 4.78. The van der Waals surface area contributed by atoms with Gasteiger partial charge in [0.05, 0.1) is 6.21 Å². The molecule has 0 rings (SSSR count). The Morgan fingerprint density at radius 2 is 2.27 bits per heavy atom. The van der Waals surface area contributed by atoms with Crippen LogP contribution < -0.4 is 0 Å². The summed E-state index contributed by atoms with van der Waals surface area (Å²) >= 11 is 2.19. The molecule has 0 radical (unpaired) electrons. The number of oxime groups is 2. The molecule has 0 spiro atoms. The minimum Gasteiger partial charge on any atom is -0.411 e. The second-order valence-electron chi connectivity index (χ2n) is 2.03. The molecule has 0 saturated carbocycles. The van der Waals surface area contributed by atoms with Crippen molar-refractivity contribution in [2.75, 3.05) is 4.43 Å². The quantitative estimate of drug-likeness (QED) is 0.268. The van der Waals surface area contributed by atoms with Crippen LogP contribution in [-0.4, -0.2) is 26.8 Å².